The van der Waals surface area contributed by atoms with E-state index in [1.54, 1.807) is 54.6 Å². The van der Waals surface area contributed by atoms with Gasteiger partial charge in [-0.15, -0.1) is 0 Å². The van der Waals surface area contributed by atoms with Crippen LogP contribution in [-0.2, 0) is 9.59 Å². The van der Waals surface area contributed by atoms with Crippen molar-refractivity contribution in [1.82, 2.24) is 5.43 Å². The fraction of sp³-hybridized carbons (Fsp3) is 0.0714. The summed E-state index contributed by atoms with van der Waals surface area (Å²) in [5.74, 6) is -1.24. The van der Waals surface area contributed by atoms with Crippen LogP contribution in [0.3, 0.4) is 0 Å². The number of nitrogens with one attached hydrogen (secondary N) is 2. The number of nitrogens with zero attached hydrogens (tertiary/aromatic N) is 1. The Morgan fingerprint density at radius 3 is 2.24 bits per heavy atom. The molecule has 0 fully saturated rings. The molecule has 0 bridgehead atoms. The van der Waals surface area contributed by atoms with Crippen molar-refractivity contribution in [3.05, 3.63) is 96.1 Å². The summed E-state index contributed by atoms with van der Waals surface area (Å²) in [6.45, 7) is 0. The quantitative estimate of drug-likeness (QED) is 0.130. The van der Waals surface area contributed by atoms with Crippen molar-refractivity contribution in [1.29, 1.82) is 0 Å². The van der Waals surface area contributed by atoms with Gasteiger partial charge in [0, 0.05) is 5.56 Å². The number of esters is 1. The number of anilines is 1. The summed E-state index contributed by atoms with van der Waals surface area (Å²) >= 11 is 0. The lowest BCUT2D eigenvalue weighted by atomic mass is 10.0. The van der Waals surface area contributed by atoms with Gasteiger partial charge in [0.25, 0.3) is 0 Å². The Morgan fingerprint density at radius 1 is 0.757 bits per heavy atom. The van der Waals surface area contributed by atoms with Crippen LogP contribution in [0.1, 0.15) is 15.9 Å². The molecule has 0 unspecified atom stereocenters. The molecule has 0 aliphatic rings. The highest BCUT2D eigenvalue weighted by Gasteiger charge is 2.16. The van der Waals surface area contributed by atoms with Crippen molar-refractivity contribution in [3.8, 4) is 17.2 Å². The van der Waals surface area contributed by atoms with Crippen molar-refractivity contribution < 1.29 is 28.6 Å². The monoisotopic (exact) mass is 497 g/mol. The minimum atomic E-state index is -0.987. The van der Waals surface area contributed by atoms with Gasteiger partial charge in [0.15, 0.2) is 0 Å². The number of amides is 2. The van der Waals surface area contributed by atoms with Crippen molar-refractivity contribution in [2.45, 2.75) is 0 Å². The Kier molecular flexibility index (Phi) is 7.75. The van der Waals surface area contributed by atoms with Gasteiger partial charge in [0.05, 0.1) is 31.7 Å². The number of para-hydroxylation sites is 2. The molecule has 0 heterocycles. The van der Waals surface area contributed by atoms with E-state index in [1.807, 2.05) is 30.3 Å². The van der Waals surface area contributed by atoms with Crippen LogP contribution >= 0.6 is 0 Å². The fourth-order valence-corrected chi connectivity index (χ4v) is 3.52. The number of hydrogen-bond acceptors (Lipinski definition) is 7. The molecule has 4 aromatic rings. The predicted molar refractivity (Wildman–Crippen MR) is 139 cm³/mol. The van der Waals surface area contributed by atoms with E-state index in [0.717, 1.165) is 10.8 Å². The number of carbonyl (C=O) groups is 3. The topological polar surface area (TPSA) is 115 Å². The molecule has 37 heavy (non-hydrogen) atoms. The molecule has 0 saturated heterocycles. The zero-order valence-electron chi connectivity index (χ0n) is 20.1. The first kappa shape index (κ1) is 24.9. The van der Waals surface area contributed by atoms with Crippen LogP contribution in [0.25, 0.3) is 10.8 Å². The Morgan fingerprint density at radius 2 is 1.49 bits per heavy atom. The Balaban J connectivity index is 1.53. The molecule has 0 atom stereocenters. The maximum Gasteiger partial charge on any atom is 0.343 e. The average Bonchev–Trinajstić information content (AvgIpc) is 2.94. The second-order valence-corrected chi connectivity index (χ2v) is 7.67. The second kappa shape index (κ2) is 11.5. The van der Waals surface area contributed by atoms with Gasteiger partial charge in [0.1, 0.15) is 17.2 Å². The highest BCUT2D eigenvalue weighted by atomic mass is 16.5. The predicted octanol–water partition coefficient (Wildman–Crippen LogP) is 4.17. The number of hydrazone groups is 1. The molecule has 2 N–H and O–H groups in total. The van der Waals surface area contributed by atoms with Gasteiger partial charge in [-0.05, 0) is 53.2 Å². The lowest BCUT2D eigenvalue weighted by Crippen LogP contribution is -2.32. The van der Waals surface area contributed by atoms with Crippen molar-refractivity contribution >= 4 is 40.5 Å². The standard InChI is InChI=1S/C28H23N3O6/c1-35-20-14-11-19(12-15-20)28(34)37-24-16-13-18-7-3-4-8-21(18)22(24)17-29-31-27(33)26(32)30-23-9-5-6-10-25(23)36-2/h3-17H,1-2H3,(H,30,32)(H,31,33)/b29-17+. The smallest absolute Gasteiger partial charge is 0.343 e. The third-order valence-electron chi connectivity index (χ3n) is 5.38. The molecular formula is C28H23N3O6. The maximum absolute atomic E-state index is 12.8. The van der Waals surface area contributed by atoms with Gasteiger partial charge >= 0.3 is 17.8 Å². The van der Waals surface area contributed by atoms with Crippen molar-refractivity contribution in [2.24, 2.45) is 5.10 Å². The first-order valence-electron chi connectivity index (χ1n) is 11.2. The van der Waals surface area contributed by atoms with Crippen LogP contribution < -0.4 is 25.0 Å². The third kappa shape index (κ3) is 5.91. The number of fused-ring (bicyclic) bond motifs is 1. The number of carbonyl (C=O) groups excluding carboxylic acids is 3. The number of methoxy groups -OCH3 is 2. The molecule has 4 rings (SSSR count). The average molecular weight is 498 g/mol. The Hall–Kier alpha value is -5.18. The molecule has 9 nitrogen and oxygen atoms in total. The maximum atomic E-state index is 12.8. The zero-order chi connectivity index (χ0) is 26.2. The van der Waals surface area contributed by atoms with Crippen LogP contribution in [0, 0.1) is 0 Å². The van der Waals surface area contributed by atoms with E-state index in [9.17, 15) is 14.4 Å². The zero-order valence-corrected chi connectivity index (χ0v) is 20.1. The molecule has 9 heteroatoms. The number of ether oxygens (including phenoxy) is 3. The summed E-state index contributed by atoms with van der Waals surface area (Å²) in [6, 6.07) is 24.1. The molecular weight excluding hydrogens is 474 g/mol. The van der Waals surface area contributed by atoms with Crippen LogP contribution in [0.2, 0.25) is 0 Å². The van der Waals surface area contributed by atoms with Crippen LogP contribution in [0.5, 0.6) is 17.2 Å². The van der Waals surface area contributed by atoms with E-state index in [0.29, 0.717) is 28.3 Å². The summed E-state index contributed by atoms with van der Waals surface area (Å²) in [5, 5.41) is 8.02. The van der Waals surface area contributed by atoms with E-state index in [2.05, 4.69) is 15.8 Å². The molecule has 0 radical (unpaired) electrons. The molecule has 0 aromatic heterocycles. The Labute approximate surface area is 212 Å². The molecule has 0 aliphatic heterocycles. The number of benzene rings is 4. The number of hydrogen-bond donors (Lipinski definition) is 2. The van der Waals surface area contributed by atoms with E-state index in [-0.39, 0.29) is 5.75 Å². The first-order valence-corrected chi connectivity index (χ1v) is 11.2. The van der Waals surface area contributed by atoms with Gasteiger partial charge in [-0.3, -0.25) is 9.59 Å². The van der Waals surface area contributed by atoms with Gasteiger partial charge in [-0.25, -0.2) is 10.2 Å². The minimum Gasteiger partial charge on any atom is -0.497 e. The highest BCUT2D eigenvalue weighted by molar-refractivity contribution is 6.39. The van der Waals surface area contributed by atoms with Gasteiger partial charge in [-0.2, -0.15) is 5.10 Å². The van der Waals surface area contributed by atoms with Gasteiger partial charge in [-0.1, -0.05) is 42.5 Å². The second-order valence-electron chi connectivity index (χ2n) is 7.67. The lowest BCUT2D eigenvalue weighted by Gasteiger charge is -2.11. The summed E-state index contributed by atoms with van der Waals surface area (Å²) in [6.07, 6.45) is 1.33. The summed E-state index contributed by atoms with van der Waals surface area (Å²) in [7, 11) is 2.99. The largest absolute Gasteiger partial charge is 0.497 e. The Bertz CT molecular complexity index is 1480. The fourth-order valence-electron chi connectivity index (χ4n) is 3.52. The summed E-state index contributed by atoms with van der Waals surface area (Å²) in [4.78, 5) is 37.4. The van der Waals surface area contributed by atoms with Crippen LogP contribution in [0.4, 0.5) is 5.69 Å². The summed E-state index contributed by atoms with van der Waals surface area (Å²) < 4.78 is 15.9. The van der Waals surface area contributed by atoms with E-state index >= 15 is 0 Å². The lowest BCUT2D eigenvalue weighted by molar-refractivity contribution is -0.136. The highest BCUT2D eigenvalue weighted by Crippen LogP contribution is 2.28. The van der Waals surface area contributed by atoms with E-state index < -0.39 is 17.8 Å². The number of rotatable bonds is 7. The molecule has 186 valence electrons. The van der Waals surface area contributed by atoms with Crippen LogP contribution in [-0.4, -0.2) is 38.2 Å². The summed E-state index contributed by atoms with van der Waals surface area (Å²) in [5.41, 5.74) is 3.33. The minimum absolute atomic E-state index is 0.232. The molecule has 0 saturated carbocycles. The molecule has 4 aromatic carbocycles. The molecule has 2 amide bonds. The van der Waals surface area contributed by atoms with Gasteiger partial charge in [0.2, 0.25) is 0 Å². The third-order valence-corrected chi connectivity index (χ3v) is 5.38. The first-order chi connectivity index (χ1) is 18.0. The normalized spacial score (nSPS) is 10.6. The molecule has 0 aliphatic carbocycles. The van der Waals surface area contributed by atoms with E-state index in [4.69, 9.17) is 14.2 Å². The van der Waals surface area contributed by atoms with Gasteiger partial charge < -0.3 is 19.5 Å². The van der Waals surface area contributed by atoms with Crippen LogP contribution in [0.15, 0.2) is 90.0 Å². The molecule has 0 spiro atoms. The van der Waals surface area contributed by atoms with Crippen molar-refractivity contribution in [3.63, 3.8) is 0 Å². The van der Waals surface area contributed by atoms with E-state index in [1.165, 1.54) is 20.4 Å². The SMILES string of the molecule is COc1ccc(C(=O)Oc2ccc3ccccc3c2/C=N/NC(=O)C(=O)Nc2ccccc2OC)cc1. The van der Waals surface area contributed by atoms with Crippen molar-refractivity contribution in [2.75, 3.05) is 19.5 Å².